The summed E-state index contributed by atoms with van der Waals surface area (Å²) in [7, 11) is 1.56. The largest absolute Gasteiger partial charge is 0.497 e. The van der Waals surface area contributed by atoms with Gasteiger partial charge in [-0.3, -0.25) is 4.79 Å². The number of β-lactam (4-membered cyclic amide) rings is 1. The minimum atomic E-state index is -1.13. The lowest BCUT2D eigenvalue weighted by Gasteiger charge is -2.47. The fraction of sp³-hybridized carbons (Fsp3) is 0.219. The van der Waals surface area contributed by atoms with Crippen LogP contribution in [0.4, 0.5) is 5.69 Å². The summed E-state index contributed by atoms with van der Waals surface area (Å²) in [6.45, 7) is 6.06. The first-order valence-electron chi connectivity index (χ1n) is 13.0. The van der Waals surface area contributed by atoms with E-state index in [1.807, 2.05) is 61.5 Å². The number of aliphatic carboxylic acids is 1. The smallest absolute Gasteiger partial charge is 0.333 e. The molecule has 1 fully saturated rings. The molecule has 1 N–H and O–H groups in total. The van der Waals surface area contributed by atoms with Crippen LogP contribution in [0.15, 0.2) is 95.4 Å². The number of aromatic nitrogens is 1. The first-order valence-corrected chi connectivity index (χ1v) is 13.0. The molecule has 2 atom stereocenters. The van der Waals surface area contributed by atoms with E-state index in [1.54, 1.807) is 31.4 Å². The van der Waals surface area contributed by atoms with Crippen molar-refractivity contribution in [2.45, 2.75) is 25.8 Å². The van der Waals surface area contributed by atoms with Crippen molar-refractivity contribution in [2.24, 2.45) is 5.92 Å². The van der Waals surface area contributed by atoms with Crippen LogP contribution in [0, 0.1) is 12.8 Å². The number of carboxylic acids is 1. The van der Waals surface area contributed by atoms with E-state index in [9.17, 15) is 14.7 Å². The molecule has 1 aliphatic heterocycles. The van der Waals surface area contributed by atoms with Crippen LogP contribution in [0.5, 0.6) is 11.5 Å². The lowest BCUT2D eigenvalue weighted by atomic mass is 9.78. The molecule has 204 valence electrons. The highest BCUT2D eigenvalue weighted by atomic mass is 16.5. The third-order valence-electron chi connectivity index (χ3n) is 7.07. The van der Waals surface area contributed by atoms with Gasteiger partial charge in [-0.1, -0.05) is 36.9 Å². The molecule has 8 heteroatoms. The number of rotatable bonds is 11. The Balaban J connectivity index is 1.24. The average molecular weight is 539 g/mol. The standard InChI is InChI=1S/C32H30N2O6/c1-20(32(36)37)29-27(31(35)34(29)24-12-14-25(38-3)15-13-24)19-22-8-7-11-26(18-22)39-17-16-28-21(2)40-30(33-28)23-9-5-4-6-10-23/h4-15,18,27,29H,1,16-17,19H2,2-3H3,(H,36,37)/t27-,29+/m1/s1. The van der Waals surface area contributed by atoms with Gasteiger partial charge in [-0.2, -0.15) is 0 Å². The molecule has 4 aromatic rings. The Morgan fingerprint density at radius 1 is 1.05 bits per heavy atom. The number of aryl methyl sites for hydroxylation is 1. The summed E-state index contributed by atoms with van der Waals surface area (Å²) in [4.78, 5) is 31.2. The Hall–Kier alpha value is -4.85. The van der Waals surface area contributed by atoms with Crippen LogP contribution in [0.1, 0.15) is 17.0 Å². The SMILES string of the molecule is C=C(C(=O)O)[C@H]1[C@@H](Cc2cccc(OCCc3nc(-c4ccccc4)oc3C)c2)C(=O)N1c1ccc(OC)cc1. The maximum absolute atomic E-state index is 13.2. The van der Waals surface area contributed by atoms with E-state index in [4.69, 9.17) is 13.9 Å². The van der Waals surface area contributed by atoms with Gasteiger partial charge in [-0.25, -0.2) is 9.78 Å². The predicted octanol–water partition coefficient (Wildman–Crippen LogP) is 5.50. The van der Waals surface area contributed by atoms with Crippen LogP contribution in [0.2, 0.25) is 0 Å². The van der Waals surface area contributed by atoms with Crippen LogP contribution in [0.3, 0.4) is 0 Å². The zero-order chi connectivity index (χ0) is 28.2. The van der Waals surface area contributed by atoms with Crippen molar-refractivity contribution in [3.63, 3.8) is 0 Å². The maximum Gasteiger partial charge on any atom is 0.333 e. The van der Waals surface area contributed by atoms with Gasteiger partial charge in [-0.15, -0.1) is 0 Å². The number of hydrogen-bond acceptors (Lipinski definition) is 6. The van der Waals surface area contributed by atoms with Gasteiger partial charge in [0.1, 0.15) is 17.3 Å². The van der Waals surface area contributed by atoms with Crippen molar-refractivity contribution >= 4 is 17.6 Å². The summed E-state index contributed by atoms with van der Waals surface area (Å²) in [6.07, 6.45) is 0.938. The van der Waals surface area contributed by atoms with Gasteiger partial charge in [0.15, 0.2) is 0 Å². The first-order chi connectivity index (χ1) is 19.4. The van der Waals surface area contributed by atoms with Crippen molar-refractivity contribution in [1.29, 1.82) is 0 Å². The van der Waals surface area contributed by atoms with Crippen LogP contribution < -0.4 is 14.4 Å². The summed E-state index contributed by atoms with van der Waals surface area (Å²) in [5, 5.41) is 9.67. The van der Waals surface area contributed by atoms with Crippen molar-refractivity contribution in [3.05, 3.63) is 108 Å². The molecule has 1 amide bonds. The second-order valence-electron chi connectivity index (χ2n) is 9.63. The molecule has 0 unspecified atom stereocenters. The molecular formula is C32H30N2O6. The fourth-order valence-corrected chi connectivity index (χ4v) is 4.95. The number of methoxy groups -OCH3 is 1. The number of carboxylic acid groups (broad SMARTS) is 1. The molecule has 40 heavy (non-hydrogen) atoms. The van der Waals surface area contributed by atoms with Gasteiger partial charge in [-0.05, 0) is 67.4 Å². The molecule has 3 aromatic carbocycles. The van der Waals surface area contributed by atoms with Crippen LogP contribution in [-0.4, -0.2) is 41.7 Å². The second-order valence-corrected chi connectivity index (χ2v) is 9.63. The Labute approximate surface area is 232 Å². The topological polar surface area (TPSA) is 102 Å². The number of benzene rings is 3. The van der Waals surface area contributed by atoms with Crippen molar-refractivity contribution in [3.8, 4) is 23.0 Å². The molecule has 8 nitrogen and oxygen atoms in total. The van der Waals surface area contributed by atoms with Gasteiger partial charge < -0.3 is 23.9 Å². The number of ether oxygens (including phenoxy) is 2. The van der Waals surface area contributed by atoms with E-state index in [2.05, 4.69) is 11.6 Å². The molecule has 1 saturated heterocycles. The highest BCUT2D eigenvalue weighted by Crippen LogP contribution is 2.39. The zero-order valence-corrected chi connectivity index (χ0v) is 22.4. The number of anilines is 1. The molecule has 0 radical (unpaired) electrons. The van der Waals surface area contributed by atoms with Crippen molar-refractivity contribution < 1.29 is 28.6 Å². The molecule has 5 rings (SSSR count). The monoisotopic (exact) mass is 538 g/mol. The van der Waals surface area contributed by atoms with E-state index in [0.717, 1.165) is 22.6 Å². The predicted molar refractivity (Wildman–Crippen MR) is 151 cm³/mol. The van der Waals surface area contributed by atoms with E-state index in [1.165, 1.54) is 4.90 Å². The minimum Gasteiger partial charge on any atom is -0.497 e. The lowest BCUT2D eigenvalue weighted by molar-refractivity contribution is -0.135. The maximum atomic E-state index is 13.2. The normalized spacial score (nSPS) is 16.4. The minimum absolute atomic E-state index is 0.0225. The molecule has 0 spiro atoms. The van der Waals surface area contributed by atoms with Crippen LogP contribution in [-0.2, 0) is 22.4 Å². The first kappa shape index (κ1) is 26.7. The second kappa shape index (κ2) is 11.5. The molecule has 1 aromatic heterocycles. The number of nitrogens with zero attached hydrogens (tertiary/aromatic N) is 2. The van der Waals surface area contributed by atoms with E-state index in [-0.39, 0.29) is 11.5 Å². The molecular weight excluding hydrogens is 508 g/mol. The van der Waals surface area contributed by atoms with Crippen LogP contribution >= 0.6 is 0 Å². The van der Waals surface area contributed by atoms with Gasteiger partial charge >= 0.3 is 5.97 Å². The molecule has 0 aliphatic carbocycles. The quantitative estimate of drug-likeness (QED) is 0.199. The summed E-state index contributed by atoms with van der Waals surface area (Å²) >= 11 is 0. The third kappa shape index (κ3) is 5.47. The Morgan fingerprint density at radius 2 is 1.80 bits per heavy atom. The van der Waals surface area contributed by atoms with E-state index >= 15 is 0 Å². The Morgan fingerprint density at radius 3 is 2.50 bits per heavy atom. The molecule has 2 heterocycles. The van der Waals surface area contributed by atoms with E-state index < -0.39 is 17.9 Å². The number of hydrogen-bond donors (Lipinski definition) is 1. The molecule has 0 saturated carbocycles. The highest BCUT2D eigenvalue weighted by molar-refractivity contribution is 6.07. The number of carbonyl (C=O) groups excluding carboxylic acids is 1. The third-order valence-corrected chi connectivity index (χ3v) is 7.07. The van der Waals surface area contributed by atoms with Gasteiger partial charge in [0.2, 0.25) is 11.8 Å². The van der Waals surface area contributed by atoms with E-state index in [0.29, 0.717) is 42.5 Å². The number of amides is 1. The number of oxazole rings is 1. The lowest BCUT2D eigenvalue weighted by Crippen LogP contribution is -2.63. The Kier molecular flexibility index (Phi) is 7.68. The number of carbonyl (C=O) groups is 2. The molecule has 0 bridgehead atoms. The van der Waals surface area contributed by atoms with Gasteiger partial charge in [0.05, 0.1) is 36.9 Å². The fourth-order valence-electron chi connectivity index (χ4n) is 4.95. The van der Waals surface area contributed by atoms with Gasteiger partial charge in [0, 0.05) is 17.7 Å². The summed E-state index contributed by atoms with van der Waals surface area (Å²) in [5.41, 5.74) is 3.21. The van der Waals surface area contributed by atoms with Gasteiger partial charge in [0.25, 0.3) is 0 Å². The molecule has 1 aliphatic rings. The summed E-state index contributed by atoms with van der Waals surface area (Å²) in [6, 6.07) is 23.6. The van der Waals surface area contributed by atoms with Crippen LogP contribution in [0.25, 0.3) is 11.5 Å². The van der Waals surface area contributed by atoms with Crippen molar-refractivity contribution in [2.75, 3.05) is 18.6 Å². The summed E-state index contributed by atoms with van der Waals surface area (Å²) in [5.74, 6) is 0.821. The average Bonchev–Trinajstić information content (AvgIpc) is 3.35. The van der Waals surface area contributed by atoms with Crippen molar-refractivity contribution in [1.82, 2.24) is 4.98 Å². The Bertz CT molecular complexity index is 1530. The zero-order valence-electron chi connectivity index (χ0n) is 22.4. The highest BCUT2D eigenvalue weighted by Gasteiger charge is 2.50. The summed E-state index contributed by atoms with van der Waals surface area (Å²) < 4.78 is 17.0.